The predicted molar refractivity (Wildman–Crippen MR) is 126 cm³/mol. The standard InChI is InChI=1S/C22H28ClN5O5/c1-12(29)24-15-9-8-14(25-18(15)23)13-10-16(27-19(30)32-21(2,3)4)26-17(11-13)28-20(31)33-22(5,6)7/h8-11H,1-7H3,(H,24,29)(H2,26,27,28,30,31). The lowest BCUT2D eigenvalue weighted by Crippen LogP contribution is -2.28. The molecule has 0 bridgehead atoms. The van der Waals surface area contributed by atoms with Crippen molar-refractivity contribution in [2.45, 2.75) is 59.7 Å². The number of nitrogens with one attached hydrogen (secondary N) is 3. The van der Waals surface area contributed by atoms with Crippen molar-refractivity contribution in [3.63, 3.8) is 0 Å². The van der Waals surface area contributed by atoms with Gasteiger partial charge < -0.3 is 14.8 Å². The molecule has 11 heteroatoms. The van der Waals surface area contributed by atoms with Crippen molar-refractivity contribution in [3.05, 3.63) is 29.4 Å². The molecule has 0 aliphatic heterocycles. The molecule has 0 aliphatic rings. The number of nitrogens with zero attached hydrogens (tertiary/aromatic N) is 2. The molecule has 2 aromatic heterocycles. The summed E-state index contributed by atoms with van der Waals surface area (Å²) in [5.41, 5.74) is -0.183. The van der Waals surface area contributed by atoms with Gasteiger partial charge in [-0.05, 0) is 65.8 Å². The minimum Gasteiger partial charge on any atom is -0.444 e. The Morgan fingerprint density at radius 2 is 1.30 bits per heavy atom. The van der Waals surface area contributed by atoms with E-state index < -0.39 is 23.4 Å². The number of carbonyl (C=O) groups is 3. The Morgan fingerprint density at radius 3 is 1.70 bits per heavy atom. The molecular formula is C22H28ClN5O5. The van der Waals surface area contributed by atoms with Crippen LogP contribution in [-0.2, 0) is 14.3 Å². The van der Waals surface area contributed by atoms with Crippen LogP contribution >= 0.6 is 11.6 Å². The zero-order valence-electron chi connectivity index (χ0n) is 19.6. The van der Waals surface area contributed by atoms with E-state index in [9.17, 15) is 14.4 Å². The first-order chi connectivity index (χ1) is 15.1. The molecule has 2 heterocycles. The van der Waals surface area contributed by atoms with Gasteiger partial charge in [-0.25, -0.2) is 19.6 Å². The van der Waals surface area contributed by atoms with Crippen LogP contribution in [0.5, 0.6) is 0 Å². The van der Waals surface area contributed by atoms with Crippen LogP contribution in [0.15, 0.2) is 24.3 Å². The van der Waals surface area contributed by atoms with Gasteiger partial charge in [0.15, 0.2) is 5.15 Å². The second-order valence-electron chi connectivity index (χ2n) is 9.10. The van der Waals surface area contributed by atoms with Gasteiger partial charge in [-0.2, -0.15) is 0 Å². The third-order valence-corrected chi connectivity index (χ3v) is 3.83. The van der Waals surface area contributed by atoms with Gasteiger partial charge in [-0.15, -0.1) is 0 Å². The number of carbonyl (C=O) groups excluding carboxylic acids is 3. The second-order valence-corrected chi connectivity index (χ2v) is 9.45. The summed E-state index contributed by atoms with van der Waals surface area (Å²) in [6, 6.07) is 6.30. The first-order valence-electron chi connectivity index (χ1n) is 10.1. The molecule has 3 N–H and O–H groups in total. The van der Waals surface area contributed by atoms with E-state index in [0.29, 0.717) is 16.9 Å². The van der Waals surface area contributed by atoms with Gasteiger partial charge in [-0.3, -0.25) is 15.4 Å². The molecule has 10 nitrogen and oxygen atoms in total. The molecule has 178 valence electrons. The minimum atomic E-state index is -0.720. The van der Waals surface area contributed by atoms with Crippen LogP contribution in [-0.4, -0.2) is 39.3 Å². The largest absolute Gasteiger partial charge is 0.444 e. The third kappa shape index (κ3) is 8.93. The van der Waals surface area contributed by atoms with Crippen molar-refractivity contribution in [2.24, 2.45) is 0 Å². The normalized spacial score (nSPS) is 11.4. The number of hydrogen-bond acceptors (Lipinski definition) is 7. The van der Waals surface area contributed by atoms with Crippen molar-refractivity contribution < 1.29 is 23.9 Å². The smallest absolute Gasteiger partial charge is 0.413 e. The topological polar surface area (TPSA) is 132 Å². The first kappa shape index (κ1) is 25.9. The molecule has 0 aromatic carbocycles. The summed E-state index contributed by atoms with van der Waals surface area (Å²) in [5, 5.41) is 7.73. The quantitative estimate of drug-likeness (QED) is 0.499. The molecule has 0 unspecified atom stereocenters. The summed E-state index contributed by atoms with van der Waals surface area (Å²) < 4.78 is 10.5. The van der Waals surface area contributed by atoms with Gasteiger partial charge in [0.05, 0.1) is 11.4 Å². The molecule has 0 spiro atoms. The highest BCUT2D eigenvalue weighted by molar-refractivity contribution is 6.32. The molecule has 3 amide bonds. The first-order valence-corrected chi connectivity index (χ1v) is 10.5. The highest BCUT2D eigenvalue weighted by Crippen LogP contribution is 2.28. The fraction of sp³-hybridized carbons (Fsp3) is 0.409. The van der Waals surface area contributed by atoms with Crippen LogP contribution in [0.4, 0.5) is 26.9 Å². The lowest BCUT2D eigenvalue weighted by Gasteiger charge is -2.20. The Kier molecular flexibility index (Phi) is 7.86. The summed E-state index contributed by atoms with van der Waals surface area (Å²) >= 11 is 6.20. The zero-order chi connectivity index (χ0) is 25.0. The average molecular weight is 478 g/mol. The Labute approximate surface area is 197 Å². The summed E-state index contributed by atoms with van der Waals surface area (Å²) in [5.74, 6) is -0.0728. The highest BCUT2D eigenvalue weighted by Gasteiger charge is 2.20. The van der Waals surface area contributed by atoms with E-state index in [1.807, 2.05) is 0 Å². The van der Waals surface area contributed by atoms with Crippen molar-refractivity contribution in [1.29, 1.82) is 0 Å². The number of aromatic nitrogens is 2. The van der Waals surface area contributed by atoms with Crippen LogP contribution in [0.1, 0.15) is 48.5 Å². The van der Waals surface area contributed by atoms with Crippen LogP contribution in [0.2, 0.25) is 5.15 Å². The van der Waals surface area contributed by atoms with Crippen LogP contribution < -0.4 is 16.0 Å². The number of ether oxygens (including phenoxy) is 2. The number of halogens is 1. The number of rotatable bonds is 4. The summed E-state index contributed by atoms with van der Waals surface area (Å²) in [7, 11) is 0. The molecule has 0 radical (unpaired) electrons. The van der Waals surface area contributed by atoms with Crippen LogP contribution in [0.25, 0.3) is 11.3 Å². The summed E-state index contributed by atoms with van der Waals surface area (Å²) in [6.45, 7) is 11.7. The zero-order valence-corrected chi connectivity index (χ0v) is 20.4. The molecule has 0 saturated heterocycles. The Hall–Kier alpha value is -3.40. The van der Waals surface area contributed by atoms with E-state index in [4.69, 9.17) is 21.1 Å². The van der Waals surface area contributed by atoms with Crippen molar-refractivity contribution in [2.75, 3.05) is 16.0 Å². The third-order valence-electron chi connectivity index (χ3n) is 3.54. The number of anilines is 3. The molecule has 0 saturated carbocycles. The van der Waals surface area contributed by atoms with E-state index in [0.717, 1.165) is 0 Å². The summed E-state index contributed by atoms with van der Waals surface area (Å²) in [4.78, 5) is 44.3. The molecule has 0 atom stereocenters. The molecule has 2 rings (SSSR count). The summed E-state index contributed by atoms with van der Waals surface area (Å²) in [6.07, 6.45) is -1.44. The molecule has 0 aliphatic carbocycles. The fourth-order valence-electron chi connectivity index (χ4n) is 2.50. The second kappa shape index (κ2) is 10.0. The van der Waals surface area contributed by atoms with Crippen LogP contribution in [0, 0.1) is 0 Å². The molecule has 33 heavy (non-hydrogen) atoms. The lowest BCUT2D eigenvalue weighted by atomic mass is 10.1. The van der Waals surface area contributed by atoms with Crippen molar-refractivity contribution in [1.82, 2.24) is 9.97 Å². The van der Waals surface area contributed by atoms with E-state index in [2.05, 4.69) is 25.9 Å². The van der Waals surface area contributed by atoms with E-state index in [-0.39, 0.29) is 22.7 Å². The van der Waals surface area contributed by atoms with Crippen LogP contribution in [0.3, 0.4) is 0 Å². The molecule has 0 fully saturated rings. The fourth-order valence-corrected chi connectivity index (χ4v) is 2.70. The van der Waals surface area contributed by atoms with E-state index in [1.165, 1.54) is 6.92 Å². The van der Waals surface area contributed by atoms with Gasteiger partial charge >= 0.3 is 12.2 Å². The van der Waals surface area contributed by atoms with Gasteiger partial charge in [0.1, 0.15) is 22.8 Å². The number of hydrogen-bond donors (Lipinski definition) is 3. The van der Waals surface area contributed by atoms with Gasteiger partial charge in [0.2, 0.25) is 5.91 Å². The minimum absolute atomic E-state index is 0.0721. The Balaban J connectivity index is 2.42. The van der Waals surface area contributed by atoms with Crippen molar-refractivity contribution >= 4 is 47.0 Å². The van der Waals surface area contributed by atoms with E-state index in [1.54, 1.807) is 65.8 Å². The lowest BCUT2D eigenvalue weighted by molar-refractivity contribution is -0.114. The highest BCUT2D eigenvalue weighted by atomic mass is 35.5. The van der Waals surface area contributed by atoms with E-state index >= 15 is 0 Å². The maximum atomic E-state index is 12.2. The SMILES string of the molecule is CC(=O)Nc1ccc(-c2cc(NC(=O)OC(C)(C)C)nc(NC(=O)OC(C)(C)C)c2)nc1Cl. The maximum Gasteiger partial charge on any atom is 0.413 e. The molecule has 2 aromatic rings. The maximum absolute atomic E-state index is 12.2. The Morgan fingerprint density at radius 1 is 0.818 bits per heavy atom. The number of amides is 3. The van der Waals surface area contributed by atoms with Gasteiger partial charge in [0.25, 0.3) is 0 Å². The molecular weight excluding hydrogens is 450 g/mol. The average Bonchev–Trinajstić information content (AvgIpc) is 2.59. The van der Waals surface area contributed by atoms with Crippen molar-refractivity contribution in [3.8, 4) is 11.3 Å². The van der Waals surface area contributed by atoms with Gasteiger partial charge in [0, 0.05) is 12.5 Å². The van der Waals surface area contributed by atoms with Gasteiger partial charge in [-0.1, -0.05) is 11.6 Å². The predicted octanol–water partition coefficient (Wildman–Crippen LogP) is 5.45. The number of pyridine rings is 2. The Bertz CT molecular complexity index is 1010. The monoisotopic (exact) mass is 477 g/mol.